The number of fused-ring (bicyclic) bond motifs is 1. The Kier molecular flexibility index (Phi) is 5.85. The number of allylic oxidation sites excluding steroid dienone is 2. The number of nitrogens with one attached hydrogen (secondary N) is 1. The van der Waals surface area contributed by atoms with Crippen LogP contribution in [0.2, 0.25) is 0 Å². The molecule has 0 saturated carbocycles. The molecule has 0 spiro atoms. The third kappa shape index (κ3) is 4.46. The number of rotatable bonds is 6. The van der Waals surface area contributed by atoms with Crippen molar-refractivity contribution in [3.8, 4) is 5.75 Å². The highest BCUT2D eigenvalue weighted by Gasteiger charge is 2.24. The maximum atomic E-state index is 12.4. The van der Waals surface area contributed by atoms with Crippen LogP contribution in [0.1, 0.15) is 0 Å². The fraction of sp³-hybridized carbons (Fsp3) is 0. The smallest absolute Gasteiger partial charge is 0.296 e. The van der Waals surface area contributed by atoms with Crippen LogP contribution in [-0.2, 0) is 25.0 Å². The van der Waals surface area contributed by atoms with Gasteiger partial charge in [0.2, 0.25) is 0 Å². The van der Waals surface area contributed by atoms with Crippen molar-refractivity contribution in [3.63, 3.8) is 0 Å². The van der Waals surface area contributed by atoms with Crippen molar-refractivity contribution in [2.75, 3.05) is 11.1 Å². The Morgan fingerprint density at radius 1 is 1.07 bits per heavy atom. The number of aromatic hydroxyl groups is 1. The van der Waals surface area contributed by atoms with Gasteiger partial charge in [-0.05, 0) is 23.6 Å². The van der Waals surface area contributed by atoms with Crippen LogP contribution in [0.15, 0.2) is 64.9 Å². The van der Waals surface area contributed by atoms with Crippen LogP contribution in [0.3, 0.4) is 0 Å². The second-order valence-corrected chi connectivity index (χ2v) is 8.48. The first-order valence-electron chi connectivity index (χ1n) is 7.62. The van der Waals surface area contributed by atoms with E-state index < -0.39 is 47.4 Å². The van der Waals surface area contributed by atoms with Gasteiger partial charge in [0.15, 0.2) is 0 Å². The molecule has 0 saturated heterocycles. The Bertz CT molecular complexity index is 1290. The summed E-state index contributed by atoms with van der Waals surface area (Å²) in [7, 11) is -9.66. The van der Waals surface area contributed by atoms with Gasteiger partial charge in [-0.2, -0.15) is 16.8 Å². The van der Waals surface area contributed by atoms with Crippen LogP contribution in [0.4, 0.5) is 11.4 Å². The summed E-state index contributed by atoms with van der Waals surface area (Å²) < 4.78 is 64.8. The topological polar surface area (TPSA) is 184 Å². The normalized spacial score (nSPS) is 12.6. The summed E-state index contributed by atoms with van der Waals surface area (Å²) in [6.45, 7) is 6.89. The first kappa shape index (κ1) is 22.1. The Morgan fingerprint density at radius 3 is 2.17 bits per heavy atom. The van der Waals surface area contributed by atoms with Gasteiger partial charge in [-0.1, -0.05) is 31.4 Å². The summed E-state index contributed by atoms with van der Waals surface area (Å²) in [4.78, 5) is 10.8. The maximum absolute atomic E-state index is 12.4. The zero-order valence-electron chi connectivity index (χ0n) is 14.7. The second-order valence-electron chi connectivity index (χ2n) is 5.67. The van der Waals surface area contributed by atoms with Gasteiger partial charge in [0.25, 0.3) is 26.1 Å². The van der Waals surface area contributed by atoms with Crippen LogP contribution < -0.4 is 11.1 Å². The molecule has 0 unspecified atom stereocenters. The third-order valence-electron chi connectivity index (χ3n) is 3.79. The van der Waals surface area contributed by atoms with Gasteiger partial charge < -0.3 is 16.2 Å². The van der Waals surface area contributed by atoms with E-state index in [0.717, 1.165) is 18.2 Å². The summed E-state index contributed by atoms with van der Waals surface area (Å²) in [5.41, 5.74) is 4.59. The molecule has 0 heterocycles. The molecule has 154 valence electrons. The molecule has 29 heavy (non-hydrogen) atoms. The fourth-order valence-electron chi connectivity index (χ4n) is 2.50. The van der Waals surface area contributed by atoms with Gasteiger partial charge in [-0.15, -0.1) is 0 Å². The second kappa shape index (κ2) is 7.67. The number of hydrogen-bond acceptors (Lipinski definition) is 7. The highest BCUT2D eigenvalue weighted by molar-refractivity contribution is 7.86. The standard InChI is InChI=1S/C17H16N2O8S2/c1-3-5-9(4-2)17(21)19-12-8-11(28(22,23)24)6-10-7-13(29(25,26)27)15(18)16(20)14(10)12/h3-8,20H,1-2,18H2,(H,19,21)(H,22,23,24)(H,25,26,27)/b9-5+. The Hall–Kier alpha value is -3.19. The van der Waals surface area contributed by atoms with Crippen molar-refractivity contribution in [3.05, 3.63) is 55.2 Å². The molecule has 2 aromatic carbocycles. The number of phenols is 1. The molecule has 2 rings (SSSR count). The summed E-state index contributed by atoms with van der Waals surface area (Å²) in [6, 6.07) is 2.47. The van der Waals surface area contributed by atoms with Crippen LogP contribution in [0.5, 0.6) is 5.75 Å². The van der Waals surface area contributed by atoms with E-state index in [2.05, 4.69) is 18.5 Å². The summed E-state index contributed by atoms with van der Waals surface area (Å²) in [5, 5.41) is 12.2. The number of carbonyl (C=O) groups excluding carboxylic acids is 1. The molecular formula is C17H16N2O8S2. The Labute approximate surface area is 166 Å². The number of benzene rings is 2. The Morgan fingerprint density at radius 2 is 1.69 bits per heavy atom. The number of carbonyl (C=O) groups is 1. The molecule has 0 aliphatic rings. The van der Waals surface area contributed by atoms with Crippen LogP contribution >= 0.6 is 0 Å². The van der Waals surface area contributed by atoms with Crippen molar-refractivity contribution in [1.82, 2.24) is 0 Å². The van der Waals surface area contributed by atoms with Crippen LogP contribution in [-0.4, -0.2) is 37.0 Å². The minimum atomic E-state index is -4.87. The molecule has 0 fully saturated rings. The lowest BCUT2D eigenvalue weighted by atomic mass is 10.1. The monoisotopic (exact) mass is 440 g/mol. The molecule has 0 atom stereocenters. The number of hydrogen-bond donors (Lipinski definition) is 5. The average molecular weight is 440 g/mol. The molecule has 0 aliphatic heterocycles. The fourth-order valence-corrected chi connectivity index (χ4v) is 3.70. The summed E-state index contributed by atoms with van der Waals surface area (Å²) in [5.74, 6) is -1.61. The molecule has 6 N–H and O–H groups in total. The number of nitrogens with two attached hydrogens (primary N) is 1. The van der Waals surface area contributed by atoms with E-state index in [1.807, 2.05) is 0 Å². The molecule has 2 aromatic rings. The van der Waals surface area contributed by atoms with Gasteiger partial charge in [0.1, 0.15) is 10.6 Å². The van der Waals surface area contributed by atoms with Crippen LogP contribution in [0.25, 0.3) is 10.8 Å². The predicted octanol–water partition coefficient (Wildman–Crippen LogP) is 1.86. The largest absolute Gasteiger partial charge is 0.505 e. The average Bonchev–Trinajstić information content (AvgIpc) is 2.60. The number of nitrogen functional groups attached to an aromatic ring is 1. The lowest BCUT2D eigenvalue weighted by molar-refractivity contribution is -0.112. The van der Waals surface area contributed by atoms with Crippen molar-refractivity contribution in [1.29, 1.82) is 0 Å². The van der Waals surface area contributed by atoms with E-state index in [-0.39, 0.29) is 22.0 Å². The van der Waals surface area contributed by atoms with E-state index in [1.165, 1.54) is 18.2 Å². The first-order chi connectivity index (χ1) is 13.3. The number of anilines is 2. The molecule has 12 heteroatoms. The summed E-state index contributed by atoms with van der Waals surface area (Å²) in [6.07, 6.45) is 3.80. The minimum absolute atomic E-state index is 0.0347. The van der Waals surface area contributed by atoms with E-state index >= 15 is 0 Å². The van der Waals surface area contributed by atoms with Gasteiger partial charge in [0.05, 0.1) is 16.3 Å². The van der Waals surface area contributed by atoms with Crippen molar-refractivity contribution in [2.45, 2.75) is 9.79 Å². The highest BCUT2D eigenvalue weighted by atomic mass is 32.2. The van der Waals surface area contributed by atoms with Crippen molar-refractivity contribution >= 4 is 48.3 Å². The molecule has 0 radical (unpaired) electrons. The molecule has 0 aromatic heterocycles. The Balaban J connectivity index is 2.92. The molecular weight excluding hydrogens is 424 g/mol. The maximum Gasteiger partial charge on any atom is 0.296 e. The first-order valence-corrected chi connectivity index (χ1v) is 10.5. The molecule has 10 nitrogen and oxygen atoms in total. The molecule has 0 bridgehead atoms. The SMILES string of the molecule is C=C/C=C(\C=C)C(=O)Nc1cc(S(=O)(=O)O)cc2cc(S(=O)(=O)O)c(N)c(O)c12. The zero-order chi connectivity index (χ0) is 22.1. The highest BCUT2D eigenvalue weighted by Crippen LogP contribution is 2.41. The minimum Gasteiger partial charge on any atom is -0.505 e. The zero-order valence-corrected chi connectivity index (χ0v) is 16.3. The van der Waals surface area contributed by atoms with Crippen molar-refractivity contribution in [2.24, 2.45) is 0 Å². The quantitative estimate of drug-likeness (QED) is 0.147. The van der Waals surface area contributed by atoms with E-state index in [0.29, 0.717) is 0 Å². The number of amides is 1. The van der Waals surface area contributed by atoms with Crippen LogP contribution in [0, 0.1) is 0 Å². The van der Waals surface area contributed by atoms with E-state index in [1.54, 1.807) is 0 Å². The van der Waals surface area contributed by atoms with E-state index in [9.17, 15) is 35.8 Å². The third-order valence-corrected chi connectivity index (χ3v) is 5.51. The van der Waals surface area contributed by atoms with Gasteiger partial charge in [-0.25, -0.2) is 0 Å². The number of phenolic OH excluding ortho intramolecular Hbond substituents is 1. The van der Waals surface area contributed by atoms with Gasteiger partial charge in [0, 0.05) is 11.0 Å². The van der Waals surface area contributed by atoms with Crippen molar-refractivity contribution < 1.29 is 35.8 Å². The van der Waals surface area contributed by atoms with Gasteiger partial charge in [-0.3, -0.25) is 13.9 Å². The summed E-state index contributed by atoms with van der Waals surface area (Å²) >= 11 is 0. The lowest BCUT2D eigenvalue weighted by Gasteiger charge is -2.15. The van der Waals surface area contributed by atoms with E-state index in [4.69, 9.17) is 5.73 Å². The predicted molar refractivity (Wildman–Crippen MR) is 107 cm³/mol. The molecule has 0 aliphatic carbocycles. The van der Waals surface area contributed by atoms with Gasteiger partial charge >= 0.3 is 0 Å². The molecule has 1 amide bonds. The lowest BCUT2D eigenvalue weighted by Crippen LogP contribution is -2.14.